The molecule has 116 valence electrons. The molecule has 0 aromatic carbocycles. The monoisotopic (exact) mass is 312 g/mol. The van der Waals surface area contributed by atoms with Crippen molar-refractivity contribution in [1.29, 1.82) is 0 Å². The fourth-order valence-electron chi connectivity index (χ4n) is 5.75. The van der Waals surface area contributed by atoms with Crippen molar-refractivity contribution < 1.29 is 0 Å². The first kappa shape index (κ1) is 13.5. The fraction of sp³-hybridized carbons (Fsp3) is 0.632. The zero-order chi connectivity index (χ0) is 14.6. The topological polar surface area (TPSA) is 24.4 Å². The summed E-state index contributed by atoms with van der Waals surface area (Å²) in [7, 11) is 0. The van der Waals surface area contributed by atoms with Gasteiger partial charge in [0.05, 0.1) is 6.54 Å². The Labute approximate surface area is 136 Å². The molecule has 0 unspecified atom stereocenters. The van der Waals surface area contributed by atoms with Crippen molar-refractivity contribution in [3.05, 3.63) is 28.0 Å². The summed E-state index contributed by atoms with van der Waals surface area (Å²) >= 11 is 1.95. The highest BCUT2D eigenvalue weighted by atomic mass is 32.1. The molecule has 0 amide bonds. The molecule has 2 nitrogen and oxygen atoms in total. The van der Waals surface area contributed by atoms with Gasteiger partial charge in [-0.05, 0) is 80.1 Å². The van der Waals surface area contributed by atoms with E-state index in [9.17, 15) is 0 Å². The highest BCUT2D eigenvalue weighted by molar-refractivity contribution is 7.13. The van der Waals surface area contributed by atoms with E-state index in [0.717, 1.165) is 30.8 Å². The minimum atomic E-state index is 0.481. The molecule has 0 radical (unpaired) electrons. The van der Waals surface area contributed by atoms with E-state index in [1.165, 1.54) is 53.9 Å². The summed E-state index contributed by atoms with van der Waals surface area (Å²) < 4.78 is 0. The number of nitrogens with zero attached hydrogens (tertiary/aromatic N) is 1. The van der Waals surface area contributed by atoms with Gasteiger partial charge in [0, 0.05) is 28.1 Å². The summed E-state index contributed by atoms with van der Waals surface area (Å²) in [6, 6.07) is 4.59. The molecule has 4 fully saturated rings. The SMILES string of the molecule is C1=NCC(c2ccc(CNC34CC5CC(CC(C5)C3)C4)s2)=C1. The number of nitrogens with one attached hydrogen (secondary N) is 1. The number of hydrogen-bond acceptors (Lipinski definition) is 3. The quantitative estimate of drug-likeness (QED) is 0.882. The van der Waals surface area contributed by atoms with Crippen molar-refractivity contribution in [3.8, 4) is 0 Å². The molecule has 4 aliphatic carbocycles. The van der Waals surface area contributed by atoms with Crippen molar-refractivity contribution in [3.63, 3.8) is 0 Å². The van der Waals surface area contributed by atoms with E-state index >= 15 is 0 Å². The third-order valence-corrected chi connectivity index (χ3v) is 7.46. The molecule has 22 heavy (non-hydrogen) atoms. The molecular weight excluding hydrogens is 288 g/mol. The molecule has 1 N–H and O–H groups in total. The molecule has 4 saturated carbocycles. The Hall–Kier alpha value is -0.930. The molecule has 1 aromatic heterocycles. The summed E-state index contributed by atoms with van der Waals surface area (Å²) in [4.78, 5) is 7.18. The standard InChI is InChI=1S/C19H24N2S/c1-2-18(16-3-4-20-11-16)22-17(1)12-21-19-8-13-5-14(9-19)7-15(6-13)10-19/h1-4,13-15,21H,5-12H2. The second kappa shape index (κ2) is 5.04. The Kier molecular flexibility index (Phi) is 3.09. The number of allylic oxidation sites excluding steroid dienone is 1. The van der Waals surface area contributed by atoms with Gasteiger partial charge in [0.25, 0.3) is 0 Å². The van der Waals surface area contributed by atoms with Gasteiger partial charge in [-0.3, -0.25) is 4.99 Å². The van der Waals surface area contributed by atoms with Gasteiger partial charge in [0.15, 0.2) is 0 Å². The van der Waals surface area contributed by atoms with Crippen LogP contribution in [0.5, 0.6) is 0 Å². The first-order valence-electron chi connectivity index (χ1n) is 8.81. The smallest absolute Gasteiger partial charge is 0.0654 e. The van der Waals surface area contributed by atoms with Gasteiger partial charge >= 0.3 is 0 Å². The lowest BCUT2D eigenvalue weighted by Crippen LogP contribution is -2.58. The first-order valence-corrected chi connectivity index (χ1v) is 9.63. The van der Waals surface area contributed by atoms with Crippen LogP contribution in [0.4, 0.5) is 0 Å². The molecule has 5 aliphatic rings. The predicted octanol–water partition coefficient (Wildman–Crippen LogP) is 4.27. The van der Waals surface area contributed by atoms with Crippen LogP contribution < -0.4 is 5.32 Å². The maximum atomic E-state index is 4.30. The van der Waals surface area contributed by atoms with Crippen molar-refractivity contribution >= 4 is 23.1 Å². The van der Waals surface area contributed by atoms with Gasteiger partial charge in [-0.1, -0.05) is 0 Å². The van der Waals surface area contributed by atoms with Crippen LogP contribution in [0.3, 0.4) is 0 Å². The number of aliphatic imine (C=N–C) groups is 1. The summed E-state index contributed by atoms with van der Waals surface area (Å²) in [5, 5.41) is 4.01. The Morgan fingerprint density at radius 1 is 1.09 bits per heavy atom. The Bertz CT molecular complexity index is 604. The molecule has 2 heterocycles. The maximum Gasteiger partial charge on any atom is 0.0654 e. The Balaban J connectivity index is 1.27. The van der Waals surface area contributed by atoms with Gasteiger partial charge in [0.1, 0.15) is 0 Å². The van der Waals surface area contributed by atoms with Crippen LogP contribution in [-0.4, -0.2) is 18.3 Å². The molecule has 3 heteroatoms. The van der Waals surface area contributed by atoms with Crippen LogP contribution in [-0.2, 0) is 6.54 Å². The molecule has 4 bridgehead atoms. The van der Waals surface area contributed by atoms with E-state index in [0.29, 0.717) is 5.54 Å². The average molecular weight is 312 g/mol. The van der Waals surface area contributed by atoms with E-state index in [2.05, 4.69) is 28.5 Å². The van der Waals surface area contributed by atoms with Crippen LogP contribution in [0, 0.1) is 17.8 Å². The van der Waals surface area contributed by atoms with Crippen molar-refractivity contribution in [2.75, 3.05) is 6.54 Å². The van der Waals surface area contributed by atoms with Crippen LogP contribution >= 0.6 is 11.3 Å². The fourth-order valence-corrected chi connectivity index (χ4v) is 6.72. The number of rotatable bonds is 4. The second-order valence-corrected chi connectivity index (χ2v) is 9.17. The number of hydrogen-bond donors (Lipinski definition) is 1. The lowest BCUT2D eigenvalue weighted by Gasteiger charge is -2.57. The summed E-state index contributed by atoms with van der Waals surface area (Å²) in [6.07, 6.45) is 13.0. The Morgan fingerprint density at radius 2 is 1.82 bits per heavy atom. The summed E-state index contributed by atoms with van der Waals surface area (Å²) in [6.45, 7) is 1.92. The highest BCUT2D eigenvalue weighted by Crippen LogP contribution is 2.55. The van der Waals surface area contributed by atoms with Gasteiger partial charge < -0.3 is 5.32 Å². The molecule has 0 saturated heterocycles. The van der Waals surface area contributed by atoms with Gasteiger partial charge in [-0.2, -0.15) is 0 Å². The molecular formula is C19H24N2S. The lowest BCUT2D eigenvalue weighted by atomic mass is 9.53. The molecule has 0 spiro atoms. The molecule has 6 rings (SSSR count). The molecule has 0 atom stereocenters. The summed E-state index contributed by atoms with van der Waals surface area (Å²) in [5.41, 5.74) is 1.86. The van der Waals surface area contributed by atoms with Crippen LogP contribution in [0.25, 0.3) is 5.57 Å². The third kappa shape index (κ3) is 2.30. The minimum Gasteiger partial charge on any atom is -0.306 e. The largest absolute Gasteiger partial charge is 0.306 e. The minimum absolute atomic E-state index is 0.481. The third-order valence-electron chi connectivity index (χ3n) is 6.30. The van der Waals surface area contributed by atoms with E-state index in [1.54, 1.807) is 0 Å². The zero-order valence-electron chi connectivity index (χ0n) is 13.1. The van der Waals surface area contributed by atoms with Crippen LogP contribution in [0.1, 0.15) is 48.3 Å². The van der Waals surface area contributed by atoms with Crippen molar-refractivity contribution in [2.24, 2.45) is 22.7 Å². The molecule has 1 aliphatic heterocycles. The molecule has 1 aromatic rings. The van der Waals surface area contributed by atoms with Gasteiger partial charge in [-0.15, -0.1) is 11.3 Å². The zero-order valence-corrected chi connectivity index (χ0v) is 13.9. The van der Waals surface area contributed by atoms with Crippen molar-refractivity contribution in [2.45, 2.75) is 50.6 Å². The Morgan fingerprint density at radius 3 is 2.45 bits per heavy atom. The van der Waals surface area contributed by atoms with Crippen LogP contribution in [0.2, 0.25) is 0 Å². The lowest BCUT2D eigenvalue weighted by molar-refractivity contribution is -0.0204. The normalized spacial score (nSPS) is 38.7. The van der Waals surface area contributed by atoms with E-state index < -0.39 is 0 Å². The van der Waals surface area contributed by atoms with E-state index in [1.807, 2.05) is 17.6 Å². The van der Waals surface area contributed by atoms with E-state index in [-0.39, 0.29) is 0 Å². The highest BCUT2D eigenvalue weighted by Gasteiger charge is 2.50. The maximum absolute atomic E-state index is 4.30. The number of thiophene rings is 1. The first-order chi connectivity index (χ1) is 10.8. The predicted molar refractivity (Wildman–Crippen MR) is 93.4 cm³/mol. The average Bonchev–Trinajstić information content (AvgIpc) is 3.15. The summed E-state index contributed by atoms with van der Waals surface area (Å²) in [5.74, 6) is 3.08. The van der Waals surface area contributed by atoms with Crippen molar-refractivity contribution in [1.82, 2.24) is 5.32 Å². The van der Waals surface area contributed by atoms with Gasteiger partial charge in [-0.25, -0.2) is 0 Å². The van der Waals surface area contributed by atoms with Crippen LogP contribution in [0.15, 0.2) is 23.2 Å². The second-order valence-electron chi connectivity index (χ2n) is 8.00. The van der Waals surface area contributed by atoms with Gasteiger partial charge in [0.2, 0.25) is 0 Å². The van der Waals surface area contributed by atoms with E-state index in [4.69, 9.17) is 0 Å².